The summed E-state index contributed by atoms with van der Waals surface area (Å²) in [7, 11) is 0. The van der Waals surface area contributed by atoms with Crippen molar-refractivity contribution in [3.63, 3.8) is 0 Å². The summed E-state index contributed by atoms with van der Waals surface area (Å²) in [6, 6.07) is -0.259. The fraction of sp³-hybridized carbons (Fsp3) is 0.778. The van der Waals surface area contributed by atoms with E-state index in [-0.39, 0.29) is 23.9 Å². The maximum atomic E-state index is 11.5. The molecule has 3 unspecified atom stereocenters. The summed E-state index contributed by atoms with van der Waals surface area (Å²) in [6.07, 6.45) is 3.13. The van der Waals surface area contributed by atoms with E-state index in [4.69, 9.17) is 0 Å². The van der Waals surface area contributed by atoms with Gasteiger partial charge >= 0.3 is 6.03 Å². The summed E-state index contributed by atoms with van der Waals surface area (Å²) in [5.41, 5.74) is 0. The topological polar surface area (TPSA) is 58.2 Å². The highest BCUT2D eigenvalue weighted by atomic mass is 16.2. The third kappa shape index (κ3) is 1.41. The average Bonchev–Trinajstić information content (AvgIpc) is 2.02. The van der Waals surface area contributed by atoms with Gasteiger partial charge in [0, 0.05) is 6.04 Å². The Morgan fingerprint density at radius 3 is 2.85 bits per heavy atom. The van der Waals surface area contributed by atoms with Gasteiger partial charge in [-0.05, 0) is 18.8 Å². The van der Waals surface area contributed by atoms with E-state index in [2.05, 4.69) is 17.6 Å². The Morgan fingerprint density at radius 1 is 1.31 bits per heavy atom. The molecule has 13 heavy (non-hydrogen) atoms. The summed E-state index contributed by atoms with van der Waals surface area (Å²) in [5.74, 6) is 0.284. The Hall–Kier alpha value is -1.06. The minimum atomic E-state index is -0.333. The molecule has 0 aromatic rings. The molecule has 4 nitrogen and oxygen atoms in total. The third-order valence-corrected chi connectivity index (χ3v) is 3.08. The van der Waals surface area contributed by atoms with Crippen LogP contribution in [-0.2, 0) is 4.79 Å². The molecule has 0 bridgehead atoms. The van der Waals surface area contributed by atoms with Crippen molar-refractivity contribution in [1.29, 1.82) is 0 Å². The van der Waals surface area contributed by atoms with Crippen LogP contribution in [0.1, 0.15) is 26.2 Å². The van der Waals surface area contributed by atoms with Gasteiger partial charge in [-0.15, -0.1) is 0 Å². The van der Waals surface area contributed by atoms with Gasteiger partial charge in [0.1, 0.15) is 0 Å². The molecule has 4 heteroatoms. The summed E-state index contributed by atoms with van der Waals surface area (Å²) < 4.78 is 0. The van der Waals surface area contributed by atoms with E-state index in [1.54, 1.807) is 0 Å². The highest BCUT2D eigenvalue weighted by molar-refractivity contribution is 5.98. The van der Waals surface area contributed by atoms with E-state index in [0.29, 0.717) is 5.92 Å². The Bertz CT molecular complexity index is 252. The SMILES string of the molecule is CC1CCCC2NC(=O)NC(=O)C12. The van der Waals surface area contributed by atoms with Gasteiger partial charge in [0.25, 0.3) is 0 Å². The minimum Gasteiger partial charge on any atom is -0.334 e. The maximum Gasteiger partial charge on any atom is 0.321 e. The number of hydrogen-bond acceptors (Lipinski definition) is 2. The molecule has 0 spiro atoms. The van der Waals surface area contributed by atoms with Gasteiger partial charge in [-0.1, -0.05) is 13.3 Å². The van der Waals surface area contributed by atoms with E-state index >= 15 is 0 Å². The van der Waals surface area contributed by atoms with E-state index < -0.39 is 0 Å². The van der Waals surface area contributed by atoms with Gasteiger partial charge in [0.15, 0.2) is 0 Å². The Morgan fingerprint density at radius 2 is 2.08 bits per heavy atom. The molecule has 2 N–H and O–H groups in total. The van der Waals surface area contributed by atoms with Gasteiger partial charge in [-0.3, -0.25) is 10.1 Å². The van der Waals surface area contributed by atoms with Crippen LogP contribution in [-0.4, -0.2) is 18.0 Å². The number of imide groups is 1. The molecule has 1 heterocycles. The molecule has 0 radical (unpaired) electrons. The first-order chi connectivity index (χ1) is 6.18. The van der Waals surface area contributed by atoms with E-state index in [1.165, 1.54) is 0 Å². The van der Waals surface area contributed by atoms with Crippen LogP contribution in [0.4, 0.5) is 4.79 Å². The van der Waals surface area contributed by atoms with Crippen molar-refractivity contribution in [3.05, 3.63) is 0 Å². The molecule has 3 atom stereocenters. The molecule has 1 saturated carbocycles. The molecule has 2 aliphatic rings. The number of rotatable bonds is 0. The first-order valence-corrected chi connectivity index (χ1v) is 4.80. The number of urea groups is 1. The predicted octanol–water partition coefficient (Wildman–Crippen LogP) is 0.631. The zero-order chi connectivity index (χ0) is 9.42. The number of fused-ring (bicyclic) bond motifs is 1. The lowest BCUT2D eigenvalue weighted by Crippen LogP contribution is -2.60. The average molecular weight is 182 g/mol. The third-order valence-electron chi connectivity index (χ3n) is 3.08. The molecule has 0 aromatic heterocycles. The lowest BCUT2D eigenvalue weighted by molar-refractivity contribution is -0.128. The lowest BCUT2D eigenvalue weighted by Gasteiger charge is -2.38. The van der Waals surface area contributed by atoms with E-state index in [9.17, 15) is 9.59 Å². The van der Waals surface area contributed by atoms with Gasteiger partial charge in [0.05, 0.1) is 5.92 Å². The second-order valence-electron chi connectivity index (χ2n) is 4.00. The number of nitrogens with one attached hydrogen (secondary N) is 2. The summed E-state index contributed by atoms with van der Waals surface area (Å²) in [6.45, 7) is 2.08. The molecular weight excluding hydrogens is 168 g/mol. The molecule has 1 aliphatic carbocycles. The highest BCUT2D eigenvalue weighted by Crippen LogP contribution is 2.31. The van der Waals surface area contributed by atoms with Crippen LogP contribution in [0.5, 0.6) is 0 Å². The predicted molar refractivity (Wildman–Crippen MR) is 47.0 cm³/mol. The van der Waals surface area contributed by atoms with Gasteiger partial charge in [-0.25, -0.2) is 4.79 Å². The quantitative estimate of drug-likeness (QED) is 0.577. The minimum absolute atomic E-state index is 0.00792. The van der Waals surface area contributed by atoms with Crippen molar-refractivity contribution in [2.45, 2.75) is 32.2 Å². The van der Waals surface area contributed by atoms with Crippen molar-refractivity contribution in [2.75, 3.05) is 0 Å². The summed E-state index contributed by atoms with van der Waals surface area (Å²) in [5, 5.41) is 5.13. The zero-order valence-electron chi connectivity index (χ0n) is 7.67. The van der Waals surface area contributed by atoms with Crippen molar-refractivity contribution >= 4 is 11.9 Å². The van der Waals surface area contributed by atoms with Crippen LogP contribution in [0.25, 0.3) is 0 Å². The van der Waals surface area contributed by atoms with Gasteiger partial charge < -0.3 is 5.32 Å². The summed E-state index contributed by atoms with van der Waals surface area (Å²) in [4.78, 5) is 22.5. The second-order valence-corrected chi connectivity index (χ2v) is 4.00. The van der Waals surface area contributed by atoms with Crippen LogP contribution in [0.3, 0.4) is 0 Å². The maximum absolute atomic E-state index is 11.5. The number of carbonyl (C=O) groups is 2. The van der Waals surface area contributed by atoms with Crippen LogP contribution < -0.4 is 10.6 Å². The fourth-order valence-corrected chi connectivity index (χ4v) is 2.42. The van der Waals surface area contributed by atoms with Crippen molar-refractivity contribution in [2.24, 2.45) is 11.8 Å². The first kappa shape index (κ1) is 8.53. The number of hydrogen-bond donors (Lipinski definition) is 2. The van der Waals surface area contributed by atoms with Gasteiger partial charge in [0.2, 0.25) is 5.91 Å². The molecule has 1 saturated heterocycles. The largest absolute Gasteiger partial charge is 0.334 e. The van der Waals surface area contributed by atoms with Crippen LogP contribution in [0.2, 0.25) is 0 Å². The first-order valence-electron chi connectivity index (χ1n) is 4.80. The zero-order valence-corrected chi connectivity index (χ0v) is 7.67. The Balaban J connectivity index is 2.17. The molecule has 1 aliphatic heterocycles. The lowest BCUT2D eigenvalue weighted by atomic mass is 9.75. The monoisotopic (exact) mass is 182 g/mol. The van der Waals surface area contributed by atoms with E-state index in [0.717, 1.165) is 19.3 Å². The Kier molecular flexibility index (Phi) is 1.98. The smallest absolute Gasteiger partial charge is 0.321 e. The van der Waals surface area contributed by atoms with Crippen molar-refractivity contribution < 1.29 is 9.59 Å². The molecule has 3 amide bonds. The fourth-order valence-electron chi connectivity index (χ4n) is 2.42. The van der Waals surface area contributed by atoms with Crippen molar-refractivity contribution in [1.82, 2.24) is 10.6 Å². The van der Waals surface area contributed by atoms with Crippen molar-refractivity contribution in [3.8, 4) is 0 Å². The van der Waals surface area contributed by atoms with E-state index in [1.807, 2.05) is 0 Å². The van der Waals surface area contributed by atoms with Crippen LogP contribution in [0.15, 0.2) is 0 Å². The number of carbonyl (C=O) groups excluding carboxylic acids is 2. The normalized spacial score (nSPS) is 39.0. The highest BCUT2D eigenvalue weighted by Gasteiger charge is 2.40. The standard InChI is InChI=1S/C9H14N2O2/c1-5-3-2-4-6-7(5)8(12)11-9(13)10-6/h5-7H,2-4H2,1H3,(H2,10,11,12,13). The molecule has 2 fully saturated rings. The second kappa shape index (κ2) is 3.01. The molecule has 72 valence electrons. The van der Waals surface area contributed by atoms with Gasteiger partial charge in [-0.2, -0.15) is 0 Å². The van der Waals surface area contributed by atoms with Crippen LogP contribution >= 0.6 is 0 Å². The summed E-state index contributed by atoms with van der Waals surface area (Å²) >= 11 is 0. The number of amides is 3. The Labute approximate surface area is 77.1 Å². The molecule has 0 aromatic carbocycles. The van der Waals surface area contributed by atoms with Crippen LogP contribution in [0, 0.1) is 11.8 Å². The molecule has 2 rings (SSSR count). The molecular formula is C9H14N2O2.